The first kappa shape index (κ1) is 42.9. The van der Waals surface area contributed by atoms with Crippen molar-refractivity contribution in [1.29, 1.82) is 0 Å². The highest BCUT2D eigenvalue weighted by Crippen LogP contribution is 2.12. The Morgan fingerprint density at radius 3 is 0.722 bits per heavy atom. The molecule has 3 aliphatic heterocycles. The van der Waals surface area contributed by atoms with E-state index in [0.29, 0.717) is 6.04 Å². The summed E-state index contributed by atoms with van der Waals surface area (Å²) in [4.78, 5) is 9.84. The molecule has 0 atom stereocenters. The molecule has 4 heteroatoms. The molecule has 0 radical (unpaired) electrons. The van der Waals surface area contributed by atoms with Gasteiger partial charge in [0.2, 0.25) is 0 Å². The van der Waals surface area contributed by atoms with E-state index < -0.39 is 0 Å². The predicted molar refractivity (Wildman–Crippen MR) is 171 cm³/mol. The summed E-state index contributed by atoms with van der Waals surface area (Å²) in [7, 11) is 4.15. The van der Waals surface area contributed by atoms with Crippen LogP contribution in [0.5, 0.6) is 0 Å². The molecule has 3 heterocycles. The zero-order chi connectivity index (χ0) is 25.2. The smallest absolute Gasteiger partial charge is 0.00385 e. The largest absolute Gasteiger partial charge is 0.307 e. The standard InChI is InChI=1S/C9H19N.C8H17N.C7H15N.C5H13N.3CH4/c1-9(2)10-7-5-3-4-6-8-10;1-8(2)9-6-4-3-5-7-9;1-7(2)8-5-3-4-6-8;1-5(2)6(3)4;;;/h9H,3-8H2,1-2H3;8H,3-7H2,1-2H3;7H,3-6H2,1-2H3;5H,1-4H3;3*1H4. The van der Waals surface area contributed by atoms with Crippen LogP contribution in [-0.4, -0.2) is 97.1 Å². The Labute approximate surface area is 232 Å². The SMILES string of the molecule is C.C.C.CC(C)N(C)C.CC(C)N1CCCC1.CC(C)N1CCCCC1.CC(C)N1CCCCCC1. The van der Waals surface area contributed by atoms with Crippen molar-refractivity contribution in [3.63, 3.8) is 0 Å². The minimum absolute atomic E-state index is 0. The summed E-state index contributed by atoms with van der Waals surface area (Å²) in [6.45, 7) is 26.0. The van der Waals surface area contributed by atoms with Crippen LogP contribution in [0.25, 0.3) is 0 Å². The number of likely N-dealkylation sites (tertiary alicyclic amines) is 3. The van der Waals surface area contributed by atoms with E-state index in [1.54, 1.807) is 0 Å². The molecule has 0 aromatic heterocycles. The first-order chi connectivity index (χ1) is 15.6. The lowest BCUT2D eigenvalue weighted by Gasteiger charge is -2.29. The van der Waals surface area contributed by atoms with Gasteiger partial charge in [-0.25, -0.2) is 0 Å². The van der Waals surface area contributed by atoms with Gasteiger partial charge in [0.1, 0.15) is 0 Å². The highest BCUT2D eigenvalue weighted by Gasteiger charge is 2.13. The fraction of sp³-hybridized carbons (Fsp3) is 1.00. The third-order valence-electron chi connectivity index (χ3n) is 7.40. The fourth-order valence-electron chi connectivity index (χ4n) is 4.30. The number of rotatable bonds is 4. The molecular weight excluding hydrogens is 440 g/mol. The minimum Gasteiger partial charge on any atom is -0.307 e. The Hall–Kier alpha value is -0.160. The molecule has 3 saturated heterocycles. The van der Waals surface area contributed by atoms with Crippen LogP contribution >= 0.6 is 0 Å². The molecule has 0 spiro atoms. The summed E-state index contributed by atoms with van der Waals surface area (Å²) in [6.07, 6.45) is 12.8. The van der Waals surface area contributed by atoms with Gasteiger partial charge in [-0.05, 0) is 147 Å². The van der Waals surface area contributed by atoms with Crippen LogP contribution in [0, 0.1) is 0 Å². The summed E-state index contributed by atoms with van der Waals surface area (Å²) in [5.74, 6) is 0. The molecule has 0 aromatic carbocycles. The van der Waals surface area contributed by atoms with Gasteiger partial charge < -0.3 is 19.6 Å². The summed E-state index contributed by atoms with van der Waals surface area (Å²) in [6, 6.07) is 2.99. The Balaban J connectivity index is -0.000000187. The monoisotopic (exact) mass is 517 g/mol. The van der Waals surface area contributed by atoms with Crippen LogP contribution < -0.4 is 0 Å². The highest BCUT2D eigenvalue weighted by molar-refractivity contribution is 4.69. The third-order valence-corrected chi connectivity index (χ3v) is 7.40. The second kappa shape index (κ2) is 26.4. The molecule has 0 aliphatic carbocycles. The maximum atomic E-state index is 2.59. The van der Waals surface area contributed by atoms with Gasteiger partial charge in [0.25, 0.3) is 0 Å². The highest BCUT2D eigenvalue weighted by atomic mass is 15.2. The van der Waals surface area contributed by atoms with E-state index in [9.17, 15) is 0 Å². The Morgan fingerprint density at radius 1 is 0.389 bits per heavy atom. The maximum Gasteiger partial charge on any atom is 0.00385 e. The van der Waals surface area contributed by atoms with E-state index in [1.165, 1.54) is 97.1 Å². The van der Waals surface area contributed by atoms with E-state index in [0.717, 1.165) is 18.1 Å². The van der Waals surface area contributed by atoms with Gasteiger partial charge in [0.05, 0.1) is 0 Å². The number of piperidine rings is 1. The van der Waals surface area contributed by atoms with Crippen molar-refractivity contribution >= 4 is 0 Å². The second-order valence-electron chi connectivity index (χ2n) is 11.6. The van der Waals surface area contributed by atoms with Crippen LogP contribution in [0.2, 0.25) is 0 Å². The summed E-state index contributed by atoms with van der Waals surface area (Å²) in [5.41, 5.74) is 0. The van der Waals surface area contributed by atoms with Gasteiger partial charge >= 0.3 is 0 Å². The fourth-order valence-corrected chi connectivity index (χ4v) is 4.30. The van der Waals surface area contributed by atoms with E-state index in [1.807, 2.05) is 0 Å². The van der Waals surface area contributed by atoms with Crippen LogP contribution in [0.4, 0.5) is 0 Å². The van der Waals surface area contributed by atoms with Crippen LogP contribution in [0.15, 0.2) is 0 Å². The molecule has 3 aliphatic rings. The van der Waals surface area contributed by atoms with Crippen molar-refractivity contribution in [2.45, 2.75) is 160 Å². The molecular formula is C32H76N4. The van der Waals surface area contributed by atoms with Crippen molar-refractivity contribution < 1.29 is 0 Å². The topological polar surface area (TPSA) is 13.0 Å². The maximum absolute atomic E-state index is 2.59. The molecule has 0 amide bonds. The average molecular weight is 517 g/mol. The van der Waals surface area contributed by atoms with E-state index in [-0.39, 0.29) is 22.3 Å². The third kappa shape index (κ3) is 23.0. The van der Waals surface area contributed by atoms with Gasteiger partial charge in [-0.15, -0.1) is 0 Å². The van der Waals surface area contributed by atoms with Gasteiger partial charge in [-0.1, -0.05) is 41.5 Å². The van der Waals surface area contributed by atoms with Crippen molar-refractivity contribution in [3.05, 3.63) is 0 Å². The first-order valence-electron chi connectivity index (χ1n) is 14.4. The molecule has 0 saturated carbocycles. The lowest BCUT2D eigenvalue weighted by molar-refractivity contribution is 0.185. The predicted octanol–water partition coefficient (Wildman–Crippen LogP) is 8.51. The molecule has 3 fully saturated rings. The molecule has 0 N–H and O–H groups in total. The molecule has 3 rings (SSSR count). The second-order valence-corrected chi connectivity index (χ2v) is 11.6. The summed E-state index contributed by atoms with van der Waals surface area (Å²) in [5, 5.41) is 0. The summed E-state index contributed by atoms with van der Waals surface area (Å²) < 4.78 is 0. The zero-order valence-electron chi connectivity index (χ0n) is 24.7. The minimum atomic E-state index is 0. The quantitative estimate of drug-likeness (QED) is 0.371. The van der Waals surface area contributed by atoms with Crippen LogP contribution in [-0.2, 0) is 0 Å². The van der Waals surface area contributed by atoms with Crippen molar-refractivity contribution in [1.82, 2.24) is 19.6 Å². The lowest BCUT2D eigenvalue weighted by Crippen LogP contribution is -2.35. The van der Waals surface area contributed by atoms with Gasteiger partial charge in [-0.2, -0.15) is 0 Å². The van der Waals surface area contributed by atoms with Crippen LogP contribution in [0.1, 0.15) is 135 Å². The Bertz CT molecular complexity index is 394. The number of hydrogen-bond donors (Lipinski definition) is 0. The van der Waals surface area contributed by atoms with Crippen molar-refractivity contribution in [2.24, 2.45) is 0 Å². The zero-order valence-corrected chi connectivity index (χ0v) is 24.7. The van der Waals surface area contributed by atoms with E-state index >= 15 is 0 Å². The van der Waals surface area contributed by atoms with Crippen molar-refractivity contribution in [2.75, 3.05) is 53.4 Å². The van der Waals surface area contributed by atoms with E-state index in [2.05, 4.69) is 89.1 Å². The molecule has 224 valence electrons. The number of nitrogens with zero attached hydrogens (tertiary/aromatic N) is 4. The van der Waals surface area contributed by atoms with Crippen LogP contribution in [0.3, 0.4) is 0 Å². The van der Waals surface area contributed by atoms with E-state index in [4.69, 9.17) is 0 Å². The molecule has 0 aromatic rings. The lowest BCUT2D eigenvalue weighted by atomic mass is 10.1. The summed E-state index contributed by atoms with van der Waals surface area (Å²) >= 11 is 0. The normalized spacial score (nSPS) is 19.1. The number of hydrogen-bond acceptors (Lipinski definition) is 4. The molecule has 0 bridgehead atoms. The Kier molecular flexibility index (Phi) is 31.5. The van der Waals surface area contributed by atoms with Crippen molar-refractivity contribution in [3.8, 4) is 0 Å². The first-order valence-corrected chi connectivity index (χ1v) is 14.4. The average Bonchev–Trinajstić information content (AvgIpc) is 3.18. The molecule has 4 nitrogen and oxygen atoms in total. The Morgan fingerprint density at radius 2 is 0.556 bits per heavy atom. The molecule has 0 unspecified atom stereocenters. The molecule has 36 heavy (non-hydrogen) atoms. The van der Waals surface area contributed by atoms with Gasteiger partial charge in [0, 0.05) is 24.2 Å². The van der Waals surface area contributed by atoms with Gasteiger partial charge in [0.15, 0.2) is 0 Å². The van der Waals surface area contributed by atoms with Gasteiger partial charge in [-0.3, -0.25) is 0 Å².